The van der Waals surface area contributed by atoms with E-state index in [0.29, 0.717) is 10.8 Å². The van der Waals surface area contributed by atoms with Gasteiger partial charge in [0.1, 0.15) is 0 Å². The van der Waals surface area contributed by atoms with Crippen LogP contribution in [0, 0.1) is 34.5 Å². The molecule has 0 N–H and O–H groups in total. The van der Waals surface area contributed by atoms with Crippen molar-refractivity contribution in [3.8, 4) is 0 Å². The van der Waals surface area contributed by atoms with E-state index in [1.54, 1.807) is 32.1 Å². The number of nitrogens with zero attached hydrogens (tertiary/aromatic N) is 1. The molecule has 4 aliphatic carbocycles. The van der Waals surface area contributed by atoms with Crippen LogP contribution < -0.4 is 0 Å². The minimum absolute atomic E-state index is 0.661. The lowest BCUT2D eigenvalue weighted by Crippen LogP contribution is -2.51. The Morgan fingerprint density at radius 3 is 2.45 bits per heavy atom. The first kappa shape index (κ1) is 15.5. The van der Waals surface area contributed by atoms with Gasteiger partial charge >= 0.3 is 0 Å². The Hall–Kier alpha value is -0.0400. The summed E-state index contributed by atoms with van der Waals surface area (Å²) in [4.78, 5) is 2.52. The van der Waals surface area contributed by atoms with Crippen molar-refractivity contribution >= 4 is 0 Å². The summed E-state index contributed by atoms with van der Waals surface area (Å²) in [6.45, 7) is 5.35. The van der Waals surface area contributed by atoms with Gasteiger partial charge in [-0.05, 0) is 100.0 Å². The van der Waals surface area contributed by atoms with Gasteiger partial charge in [-0.2, -0.15) is 0 Å². The summed E-state index contributed by atoms with van der Waals surface area (Å²) in [6, 6.07) is 0.852. The predicted molar refractivity (Wildman–Crippen MR) is 93.8 cm³/mol. The average Bonchev–Trinajstić information content (AvgIpc) is 2.84. The Labute approximate surface area is 138 Å². The second kappa shape index (κ2) is 5.23. The van der Waals surface area contributed by atoms with E-state index < -0.39 is 0 Å². The van der Waals surface area contributed by atoms with Crippen molar-refractivity contribution in [1.82, 2.24) is 4.90 Å². The molecule has 7 unspecified atom stereocenters. The molecule has 0 saturated heterocycles. The molecule has 4 fully saturated rings. The van der Waals surface area contributed by atoms with Gasteiger partial charge in [-0.3, -0.25) is 0 Å². The SMILES string of the molecule is CN(C)C1CC2C3CCC4CCCCC4(C)C3CCC2(C)C1. The number of hydrogen-bond acceptors (Lipinski definition) is 1. The molecule has 0 spiro atoms. The van der Waals surface area contributed by atoms with Gasteiger partial charge in [0.2, 0.25) is 0 Å². The van der Waals surface area contributed by atoms with Crippen LogP contribution >= 0.6 is 0 Å². The zero-order chi connectivity index (χ0) is 15.5. The maximum atomic E-state index is 2.70. The van der Waals surface area contributed by atoms with Crippen molar-refractivity contribution in [1.29, 1.82) is 0 Å². The molecule has 0 aromatic carbocycles. The Morgan fingerprint density at radius 1 is 0.864 bits per heavy atom. The van der Waals surface area contributed by atoms with Crippen LogP contribution in [-0.4, -0.2) is 25.0 Å². The summed E-state index contributed by atoms with van der Waals surface area (Å²) in [6.07, 6.45) is 15.2. The zero-order valence-corrected chi connectivity index (χ0v) is 15.4. The van der Waals surface area contributed by atoms with Crippen LogP contribution in [-0.2, 0) is 0 Å². The van der Waals surface area contributed by atoms with Gasteiger partial charge in [0.15, 0.2) is 0 Å². The number of hydrogen-bond donors (Lipinski definition) is 0. The molecule has 0 bridgehead atoms. The van der Waals surface area contributed by atoms with Gasteiger partial charge in [0.05, 0.1) is 0 Å². The Bertz CT molecular complexity index is 430. The molecule has 4 rings (SSSR count). The van der Waals surface area contributed by atoms with Crippen molar-refractivity contribution in [2.24, 2.45) is 34.5 Å². The molecule has 4 saturated carbocycles. The van der Waals surface area contributed by atoms with E-state index in [1.807, 2.05) is 0 Å². The first-order valence-electron chi connectivity index (χ1n) is 10.1. The van der Waals surface area contributed by atoms with Crippen LogP contribution in [0.5, 0.6) is 0 Å². The highest BCUT2D eigenvalue weighted by Gasteiger charge is 2.58. The van der Waals surface area contributed by atoms with Crippen molar-refractivity contribution in [3.63, 3.8) is 0 Å². The normalized spacial score (nSPS) is 54.7. The third-order valence-corrected chi connectivity index (χ3v) is 9.06. The molecule has 0 radical (unpaired) electrons. The van der Waals surface area contributed by atoms with E-state index in [-0.39, 0.29) is 0 Å². The van der Waals surface area contributed by atoms with Gasteiger partial charge in [-0.1, -0.05) is 26.7 Å². The van der Waals surface area contributed by atoms with Gasteiger partial charge in [-0.15, -0.1) is 0 Å². The van der Waals surface area contributed by atoms with Crippen LogP contribution in [0.25, 0.3) is 0 Å². The van der Waals surface area contributed by atoms with Gasteiger partial charge < -0.3 is 4.90 Å². The molecule has 0 heterocycles. The summed E-state index contributed by atoms with van der Waals surface area (Å²) in [5.41, 5.74) is 1.37. The van der Waals surface area contributed by atoms with Crippen molar-refractivity contribution in [2.75, 3.05) is 14.1 Å². The molecule has 0 aliphatic heterocycles. The molecule has 0 aromatic rings. The summed E-state index contributed by atoms with van der Waals surface area (Å²) in [5, 5.41) is 0. The molecule has 22 heavy (non-hydrogen) atoms. The van der Waals surface area contributed by atoms with Crippen LogP contribution in [0.2, 0.25) is 0 Å². The molecule has 4 aliphatic rings. The second-order valence-corrected chi connectivity index (χ2v) is 10.2. The summed E-state index contributed by atoms with van der Waals surface area (Å²) < 4.78 is 0. The topological polar surface area (TPSA) is 3.24 Å². The molecule has 1 heteroatoms. The minimum atomic E-state index is 0.661. The fraction of sp³-hybridized carbons (Fsp3) is 1.00. The molecule has 126 valence electrons. The monoisotopic (exact) mass is 303 g/mol. The Kier molecular flexibility index (Phi) is 3.68. The largest absolute Gasteiger partial charge is 0.306 e. The quantitative estimate of drug-likeness (QED) is 0.631. The summed E-state index contributed by atoms with van der Waals surface area (Å²) in [7, 11) is 4.62. The average molecular weight is 304 g/mol. The maximum Gasteiger partial charge on any atom is 0.00974 e. The minimum Gasteiger partial charge on any atom is -0.306 e. The maximum absolute atomic E-state index is 2.70. The summed E-state index contributed by atoms with van der Waals surface area (Å²) in [5.74, 6) is 4.21. The Balaban J connectivity index is 1.60. The molecule has 0 aromatic heterocycles. The number of fused-ring (bicyclic) bond motifs is 5. The van der Waals surface area contributed by atoms with E-state index in [1.165, 1.54) is 32.1 Å². The first-order chi connectivity index (χ1) is 10.4. The third-order valence-electron chi connectivity index (χ3n) is 9.06. The molecular formula is C21H37N. The lowest BCUT2D eigenvalue weighted by molar-refractivity contribution is -0.103. The van der Waals surface area contributed by atoms with E-state index in [4.69, 9.17) is 0 Å². The smallest absolute Gasteiger partial charge is 0.00974 e. The van der Waals surface area contributed by atoms with Crippen LogP contribution in [0.4, 0.5) is 0 Å². The van der Waals surface area contributed by atoms with Gasteiger partial charge in [0.25, 0.3) is 0 Å². The van der Waals surface area contributed by atoms with E-state index in [9.17, 15) is 0 Å². The van der Waals surface area contributed by atoms with Gasteiger partial charge in [0, 0.05) is 6.04 Å². The third kappa shape index (κ3) is 2.14. The van der Waals surface area contributed by atoms with E-state index in [0.717, 1.165) is 29.7 Å². The number of rotatable bonds is 1. The standard InChI is InChI=1S/C21H37N/c1-20-12-10-18-17(19(20)13-16(14-20)22(3)4)9-8-15-7-5-6-11-21(15,18)2/h15-19H,5-14H2,1-4H3. The lowest BCUT2D eigenvalue weighted by atomic mass is 9.45. The highest BCUT2D eigenvalue weighted by Crippen LogP contribution is 2.66. The van der Waals surface area contributed by atoms with Crippen LogP contribution in [0.3, 0.4) is 0 Å². The van der Waals surface area contributed by atoms with E-state index >= 15 is 0 Å². The van der Waals surface area contributed by atoms with Crippen molar-refractivity contribution in [2.45, 2.75) is 84.1 Å². The second-order valence-electron chi connectivity index (χ2n) is 10.2. The fourth-order valence-electron chi connectivity index (χ4n) is 7.71. The molecule has 1 nitrogen and oxygen atoms in total. The highest BCUT2D eigenvalue weighted by atomic mass is 15.1. The van der Waals surface area contributed by atoms with Gasteiger partial charge in [-0.25, -0.2) is 0 Å². The molecule has 7 atom stereocenters. The summed E-state index contributed by atoms with van der Waals surface area (Å²) >= 11 is 0. The van der Waals surface area contributed by atoms with E-state index in [2.05, 4.69) is 32.8 Å². The lowest BCUT2D eigenvalue weighted by Gasteiger charge is -2.60. The van der Waals surface area contributed by atoms with Crippen molar-refractivity contribution < 1.29 is 0 Å². The van der Waals surface area contributed by atoms with Crippen molar-refractivity contribution in [3.05, 3.63) is 0 Å². The van der Waals surface area contributed by atoms with Crippen LogP contribution in [0.1, 0.15) is 78.1 Å². The zero-order valence-electron chi connectivity index (χ0n) is 15.4. The first-order valence-corrected chi connectivity index (χ1v) is 10.1. The molecule has 0 amide bonds. The molecular weight excluding hydrogens is 266 g/mol. The predicted octanol–water partition coefficient (Wildman–Crippen LogP) is 5.35. The Morgan fingerprint density at radius 2 is 1.68 bits per heavy atom. The van der Waals surface area contributed by atoms with Crippen LogP contribution in [0.15, 0.2) is 0 Å². The fourth-order valence-corrected chi connectivity index (χ4v) is 7.71. The highest BCUT2D eigenvalue weighted by molar-refractivity contribution is 5.08.